The van der Waals surface area contributed by atoms with Crippen LogP contribution in [0.1, 0.15) is 40.9 Å². The molecule has 9 heteroatoms. The Kier molecular flexibility index (Phi) is 10.5. The van der Waals surface area contributed by atoms with Crippen LogP contribution in [0.3, 0.4) is 0 Å². The number of aromatic nitrogens is 1. The summed E-state index contributed by atoms with van der Waals surface area (Å²) < 4.78 is 0. The van der Waals surface area contributed by atoms with E-state index in [1.54, 1.807) is 11.3 Å². The van der Waals surface area contributed by atoms with E-state index in [-0.39, 0.29) is 30.0 Å². The first kappa shape index (κ1) is 25.4. The largest absolute Gasteiger partial charge is 0.357 e. The molecule has 1 saturated heterocycles. The van der Waals surface area contributed by atoms with Crippen molar-refractivity contribution in [2.75, 3.05) is 31.5 Å². The Morgan fingerprint density at radius 3 is 2.68 bits per heavy atom. The maximum absolute atomic E-state index is 12.3. The first-order chi connectivity index (χ1) is 14.5. The summed E-state index contributed by atoms with van der Waals surface area (Å²) in [6.45, 7) is 10.0. The van der Waals surface area contributed by atoms with Crippen molar-refractivity contribution in [2.45, 2.75) is 46.6 Å². The molecule has 7 nitrogen and oxygen atoms in total. The van der Waals surface area contributed by atoms with Gasteiger partial charge in [0, 0.05) is 43.2 Å². The molecule has 170 valence electrons. The second-order valence-corrected chi connectivity index (χ2v) is 8.73. The second kappa shape index (κ2) is 12.8. The van der Waals surface area contributed by atoms with E-state index >= 15 is 0 Å². The molecule has 1 aromatic carbocycles. The molecular formula is C22H33IN6OS. The molecule has 0 atom stereocenters. The van der Waals surface area contributed by atoms with E-state index in [1.165, 1.54) is 4.88 Å². The number of likely N-dealkylation sites (tertiary alicyclic amines) is 1. The average molecular weight is 557 g/mol. The van der Waals surface area contributed by atoms with Crippen LogP contribution < -0.4 is 16.0 Å². The number of thiazole rings is 1. The van der Waals surface area contributed by atoms with E-state index in [4.69, 9.17) is 0 Å². The van der Waals surface area contributed by atoms with E-state index in [0.29, 0.717) is 6.54 Å². The monoisotopic (exact) mass is 556 g/mol. The van der Waals surface area contributed by atoms with Gasteiger partial charge in [0.1, 0.15) is 0 Å². The SMILES string of the molecule is CCNC(=NCc1cccc(NC(=O)N2CCCC2)c1)NCCc1nc(C)c(C)s1.I. The summed E-state index contributed by atoms with van der Waals surface area (Å²) in [6, 6.07) is 7.87. The van der Waals surface area contributed by atoms with Crippen LogP contribution in [0.15, 0.2) is 29.3 Å². The number of hydrogen-bond acceptors (Lipinski definition) is 4. The number of hydrogen-bond donors (Lipinski definition) is 3. The van der Waals surface area contributed by atoms with Crippen LogP contribution in [0, 0.1) is 13.8 Å². The highest BCUT2D eigenvalue weighted by atomic mass is 127. The molecule has 0 saturated carbocycles. The van der Waals surface area contributed by atoms with E-state index in [2.05, 4.69) is 46.7 Å². The summed E-state index contributed by atoms with van der Waals surface area (Å²) in [4.78, 5) is 24.7. The molecule has 3 N–H and O–H groups in total. The molecule has 2 amide bonds. The van der Waals surface area contributed by atoms with Gasteiger partial charge in [-0.2, -0.15) is 0 Å². The van der Waals surface area contributed by atoms with Crippen LogP contribution in [0.5, 0.6) is 0 Å². The lowest BCUT2D eigenvalue weighted by Crippen LogP contribution is -2.38. The van der Waals surface area contributed by atoms with E-state index in [1.807, 2.05) is 29.2 Å². The van der Waals surface area contributed by atoms with Crippen LogP contribution in [-0.2, 0) is 13.0 Å². The standard InChI is InChI=1S/C22H32N6OS.HI/c1-4-23-21(24-11-10-20-26-16(2)17(3)30-20)25-15-18-8-7-9-19(14-18)27-22(29)28-12-5-6-13-28;/h7-9,14H,4-6,10-13,15H2,1-3H3,(H,27,29)(H2,23,24,25);1H. The second-order valence-electron chi connectivity index (χ2n) is 7.45. The summed E-state index contributed by atoms with van der Waals surface area (Å²) in [5, 5.41) is 10.8. The van der Waals surface area contributed by atoms with Crippen molar-refractivity contribution in [2.24, 2.45) is 4.99 Å². The van der Waals surface area contributed by atoms with Gasteiger partial charge in [-0.1, -0.05) is 12.1 Å². The van der Waals surface area contributed by atoms with Crippen LogP contribution >= 0.6 is 35.3 Å². The number of aryl methyl sites for hydroxylation is 2. The molecule has 0 unspecified atom stereocenters. The van der Waals surface area contributed by atoms with Crippen LogP contribution in [-0.4, -0.2) is 48.1 Å². The highest BCUT2D eigenvalue weighted by molar-refractivity contribution is 14.0. The Morgan fingerprint density at radius 1 is 1.23 bits per heavy atom. The average Bonchev–Trinajstić information content (AvgIpc) is 3.37. The first-order valence-corrected chi connectivity index (χ1v) is 11.5. The Hall–Kier alpha value is -1.88. The normalized spacial score (nSPS) is 13.6. The number of carbonyl (C=O) groups is 1. The predicted octanol–water partition coefficient (Wildman–Crippen LogP) is 4.30. The number of anilines is 1. The van der Waals surface area contributed by atoms with Gasteiger partial charge in [-0.25, -0.2) is 14.8 Å². The molecule has 0 radical (unpaired) electrons. The van der Waals surface area contributed by atoms with Crippen LogP contribution in [0.2, 0.25) is 0 Å². The Labute approximate surface area is 206 Å². The van der Waals surface area contributed by atoms with Gasteiger partial charge in [0.25, 0.3) is 0 Å². The van der Waals surface area contributed by atoms with Gasteiger partial charge >= 0.3 is 6.03 Å². The molecule has 2 aromatic rings. The third kappa shape index (κ3) is 7.95. The zero-order chi connectivity index (χ0) is 21.3. The fourth-order valence-corrected chi connectivity index (χ4v) is 4.25. The van der Waals surface area contributed by atoms with Crippen molar-refractivity contribution in [1.82, 2.24) is 20.5 Å². The summed E-state index contributed by atoms with van der Waals surface area (Å²) in [5.74, 6) is 0.786. The number of amides is 2. The maximum atomic E-state index is 12.3. The Morgan fingerprint density at radius 2 is 2.00 bits per heavy atom. The smallest absolute Gasteiger partial charge is 0.321 e. The van der Waals surface area contributed by atoms with Crippen molar-refractivity contribution >= 4 is 53.0 Å². The van der Waals surface area contributed by atoms with Crippen LogP contribution in [0.4, 0.5) is 10.5 Å². The lowest BCUT2D eigenvalue weighted by molar-refractivity contribution is 0.222. The summed E-state index contributed by atoms with van der Waals surface area (Å²) in [5.41, 5.74) is 2.98. The molecular weight excluding hydrogens is 523 g/mol. The number of nitrogens with one attached hydrogen (secondary N) is 3. The van der Waals surface area contributed by atoms with Gasteiger partial charge in [-0.05, 0) is 51.3 Å². The number of guanidine groups is 1. The molecule has 2 heterocycles. The molecule has 1 aliphatic heterocycles. The van der Waals surface area contributed by atoms with Crippen molar-refractivity contribution in [3.8, 4) is 0 Å². The maximum Gasteiger partial charge on any atom is 0.321 e. The zero-order valence-corrected chi connectivity index (χ0v) is 21.7. The van der Waals surface area contributed by atoms with E-state index < -0.39 is 0 Å². The van der Waals surface area contributed by atoms with Crippen molar-refractivity contribution in [3.05, 3.63) is 45.4 Å². The van der Waals surface area contributed by atoms with Gasteiger partial charge < -0.3 is 20.9 Å². The Bertz CT molecular complexity index is 859. The highest BCUT2D eigenvalue weighted by Gasteiger charge is 2.17. The molecule has 0 bridgehead atoms. The third-order valence-electron chi connectivity index (χ3n) is 5.04. The minimum Gasteiger partial charge on any atom is -0.357 e. The minimum atomic E-state index is -0.0178. The number of urea groups is 1. The molecule has 1 aliphatic rings. The molecule has 3 rings (SSSR count). The third-order valence-corrected chi connectivity index (χ3v) is 6.17. The van der Waals surface area contributed by atoms with Gasteiger partial charge in [-0.15, -0.1) is 35.3 Å². The molecule has 1 fully saturated rings. The van der Waals surface area contributed by atoms with E-state index in [0.717, 1.165) is 73.4 Å². The van der Waals surface area contributed by atoms with Gasteiger partial charge in [-0.3, -0.25) is 0 Å². The lowest BCUT2D eigenvalue weighted by Gasteiger charge is -2.16. The number of halogens is 1. The first-order valence-electron chi connectivity index (χ1n) is 10.6. The molecule has 0 spiro atoms. The number of benzene rings is 1. The van der Waals surface area contributed by atoms with Gasteiger partial charge in [0.2, 0.25) is 0 Å². The number of nitrogens with zero attached hydrogens (tertiary/aromatic N) is 3. The quantitative estimate of drug-likeness (QED) is 0.270. The van der Waals surface area contributed by atoms with E-state index in [9.17, 15) is 4.79 Å². The topological polar surface area (TPSA) is 81.7 Å². The number of aliphatic imine (C=N–C) groups is 1. The highest BCUT2D eigenvalue weighted by Crippen LogP contribution is 2.17. The summed E-state index contributed by atoms with van der Waals surface area (Å²) in [6.07, 6.45) is 3.05. The zero-order valence-electron chi connectivity index (χ0n) is 18.5. The summed E-state index contributed by atoms with van der Waals surface area (Å²) in [7, 11) is 0. The van der Waals surface area contributed by atoms with Gasteiger partial charge in [0.15, 0.2) is 5.96 Å². The van der Waals surface area contributed by atoms with Crippen LogP contribution in [0.25, 0.3) is 0 Å². The van der Waals surface area contributed by atoms with Crippen molar-refractivity contribution < 1.29 is 4.79 Å². The Balaban J connectivity index is 0.00000341. The minimum absolute atomic E-state index is 0. The number of rotatable bonds is 7. The molecule has 1 aromatic heterocycles. The number of carbonyl (C=O) groups excluding carboxylic acids is 1. The van der Waals surface area contributed by atoms with Gasteiger partial charge in [0.05, 0.1) is 17.2 Å². The predicted molar refractivity (Wildman–Crippen MR) is 140 cm³/mol. The fourth-order valence-electron chi connectivity index (χ4n) is 3.32. The molecule has 0 aliphatic carbocycles. The lowest BCUT2D eigenvalue weighted by atomic mass is 10.2. The van der Waals surface area contributed by atoms with Crippen molar-refractivity contribution in [1.29, 1.82) is 0 Å². The van der Waals surface area contributed by atoms with Crippen molar-refractivity contribution in [3.63, 3.8) is 0 Å². The summed E-state index contributed by atoms with van der Waals surface area (Å²) >= 11 is 1.76. The fraction of sp³-hybridized carbons (Fsp3) is 0.500. The molecule has 31 heavy (non-hydrogen) atoms.